The van der Waals surface area contributed by atoms with Crippen LogP contribution in [0.2, 0.25) is 0 Å². The average molecular weight is 559 g/mol. The first kappa shape index (κ1) is 27.3. The Bertz CT molecular complexity index is 1630. The van der Waals surface area contributed by atoms with E-state index in [1.165, 1.54) is 0 Å². The Morgan fingerprint density at radius 3 is 2.36 bits per heavy atom. The molecular formula is C36H34N2O4. The molecule has 4 aromatic rings. The molecule has 6 nitrogen and oxygen atoms in total. The third kappa shape index (κ3) is 5.16. The Hall–Kier alpha value is -4.84. The minimum absolute atomic E-state index is 0.00886. The number of hydrogen-bond acceptors (Lipinski definition) is 5. The second-order valence-electron chi connectivity index (χ2n) is 10.7. The number of hydrogen-bond donors (Lipinski definition) is 1. The Kier molecular flexibility index (Phi) is 7.78. The predicted molar refractivity (Wildman–Crippen MR) is 165 cm³/mol. The molecule has 6 heteroatoms. The molecule has 1 aliphatic carbocycles. The number of rotatable bonds is 7. The van der Waals surface area contributed by atoms with Gasteiger partial charge in [0.25, 0.3) is 5.91 Å². The molecule has 0 saturated carbocycles. The first-order chi connectivity index (χ1) is 20.6. The molecule has 1 aliphatic heterocycles. The lowest BCUT2D eigenvalue weighted by Gasteiger charge is -2.36. The molecule has 4 aromatic carbocycles. The van der Waals surface area contributed by atoms with E-state index < -0.39 is 6.04 Å². The van der Waals surface area contributed by atoms with Crippen LogP contribution in [0.25, 0.3) is 0 Å². The first-order valence-electron chi connectivity index (χ1n) is 14.5. The van der Waals surface area contributed by atoms with Gasteiger partial charge in [-0.3, -0.25) is 14.5 Å². The van der Waals surface area contributed by atoms with Crippen molar-refractivity contribution >= 4 is 23.1 Å². The molecule has 2 aliphatic rings. The van der Waals surface area contributed by atoms with Crippen molar-refractivity contribution in [1.29, 1.82) is 0 Å². The maximum Gasteiger partial charge on any atom is 0.259 e. The van der Waals surface area contributed by atoms with Crippen molar-refractivity contribution in [1.82, 2.24) is 0 Å². The number of nitrogens with zero attached hydrogens (tertiary/aromatic N) is 1. The fourth-order valence-corrected chi connectivity index (χ4v) is 5.99. The zero-order valence-electron chi connectivity index (χ0n) is 23.9. The predicted octanol–water partition coefficient (Wildman–Crippen LogP) is 7.70. The Morgan fingerprint density at radius 1 is 0.881 bits per heavy atom. The summed E-state index contributed by atoms with van der Waals surface area (Å²) in [6, 6.07) is 32.0. The van der Waals surface area contributed by atoms with Crippen LogP contribution in [0.15, 0.2) is 114 Å². The largest absolute Gasteiger partial charge is 0.497 e. The van der Waals surface area contributed by atoms with Gasteiger partial charge in [-0.25, -0.2) is 0 Å². The molecular weight excluding hydrogens is 524 g/mol. The second-order valence-corrected chi connectivity index (χ2v) is 10.7. The number of nitrogens with one attached hydrogen (secondary N) is 1. The SMILES string of the molecule is CCCOc1ccccc1[C@H]1C2=C(C[C@@H](c3ccc(OC)cc3)CC2=O)Nc2ccccc2N1C(=O)c1ccccc1. The molecule has 0 radical (unpaired) electrons. The summed E-state index contributed by atoms with van der Waals surface area (Å²) in [6.07, 6.45) is 1.81. The van der Waals surface area contributed by atoms with Crippen molar-refractivity contribution in [2.24, 2.45) is 0 Å². The molecule has 1 heterocycles. The van der Waals surface area contributed by atoms with Crippen molar-refractivity contribution in [3.8, 4) is 11.5 Å². The average Bonchev–Trinajstić information content (AvgIpc) is 3.18. The molecule has 2 atom stereocenters. The van der Waals surface area contributed by atoms with Gasteiger partial charge < -0.3 is 14.8 Å². The van der Waals surface area contributed by atoms with Crippen molar-refractivity contribution in [2.75, 3.05) is 23.9 Å². The van der Waals surface area contributed by atoms with Crippen LogP contribution in [0.3, 0.4) is 0 Å². The third-order valence-electron chi connectivity index (χ3n) is 7.99. The van der Waals surface area contributed by atoms with Crippen LogP contribution in [0.4, 0.5) is 11.4 Å². The quantitative estimate of drug-likeness (QED) is 0.252. The van der Waals surface area contributed by atoms with Gasteiger partial charge in [-0.1, -0.05) is 67.6 Å². The number of ketones is 1. The monoisotopic (exact) mass is 558 g/mol. The minimum atomic E-state index is -0.679. The number of fused-ring (bicyclic) bond motifs is 1. The Morgan fingerprint density at radius 2 is 1.60 bits per heavy atom. The van der Waals surface area contributed by atoms with E-state index in [1.54, 1.807) is 12.0 Å². The van der Waals surface area contributed by atoms with Crippen LogP contribution >= 0.6 is 0 Å². The van der Waals surface area contributed by atoms with Gasteiger partial charge in [-0.2, -0.15) is 0 Å². The molecule has 0 unspecified atom stereocenters. The number of methoxy groups -OCH3 is 1. The van der Waals surface area contributed by atoms with Crippen LogP contribution in [0, 0.1) is 0 Å². The van der Waals surface area contributed by atoms with Gasteiger partial charge in [0.05, 0.1) is 31.1 Å². The van der Waals surface area contributed by atoms with Crippen molar-refractivity contribution in [3.05, 3.63) is 131 Å². The zero-order valence-corrected chi connectivity index (χ0v) is 23.9. The van der Waals surface area contributed by atoms with E-state index >= 15 is 0 Å². The Balaban J connectivity index is 1.55. The molecule has 42 heavy (non-hydrogen) atoms. The van der Waals surface area contributed by atoms with E-state index in [4.69, 9.17) is 9.47 Å². The molecule has 0 bridgehead atoms. The van der Waals surface area contributed by atoms with Crippen LogP contribution in [0.1, 0.15) is 59.6 Å². The molecule has 1 amide bonds. The van der Waals surface area contributed by atoms with E-state index in [1.807, 2.05) is 103 Å². The minimum Gasteiger partial charge on any atom is -0.497 e. The van der Waals surface area contributed by atoms with Crippen molar-refractivity contribution in [2.45, 2.75) is 38.1 Å². The van der Waals surface area contributed by atoms with Crippen molar-refractivity contribution in [3.63, 3.8) is 0 Å². The number of carbonyl (C=O) groups excluding carboxylic acids is 2. The zero-order chi connectivity index (χ0) is 29.1. The highest BCUT2D eigenvalue weighted by Gasteiger charge is 2.42. The molecule has 6 rings (SSSR count). The summed E-state index contributed by atoms with van der Waals surface area (Å²) >= 11 is 0. The van der Waals surface area contributed by atoms with Gasteiger partial charge in [-0.15, -0.1) is 0 Å². The number of ether oxygens (including phenoxy) is 2. The van der Waals surface area contributed by atoms with E-state index in [-0.39, 0.29) is 17.6 Å². The summed E-state index contributed by atoms with van der Waals surface area (Å²) in [5.41, 5.74) is 5.35. The fraction of sp³-hybridized carbons (Fsp3) is 0.222. The topological polar surface area (TPSA) is 67.9 Å². The lowest BCUT2D eigenvalue weighted by atomic mass is 9.78. The lowest BCUT2D eigenvalue weighted by Crippen LogP contribution is -2.38. The summed E-state index contributed by atoms with van der Waals surface area (Å²) in [5.74, 6) is 1.27. The number of benzene rings is 4. The number of Topliss-reactive ketones (excluding diaryl/α,β-unsaturated/α-hetero) is 1. The summed E-state index contributed by atoms with van der Waals surface area (Å²) in [7, 11) is 1.65. The number of para-hydroxylation sites is 3. The van der Waals surface area contributed by atoms with Crippen LogP contribution in [0.5, 0.6) is 11.5 Å². The molecule has 1 N–H and O–H groups in total. The highest BCUT2D eigenvalue weighted by molar-refractivity contribution is 6.12. The van der Waals surface area contributed by atoms with Crippen molar-refractivity contribution < 1.29 is 19.1 Å². The van der Waals surface area contributed by atoms with Gasteiger partial charge in [-0.05, 0) is 66.8 Å². The maximum atomic E-state index is 14.5. The number of allylic oxidation sites excluding steroid dienone is 1. The second kappa shape index (κ2) is 12.0. The smallest absolute Gasteiger partial charge is 0.259 e. The van der Waals surface area contributed by atoms with Crippen LogP contribution in [-0.4, -0.2) is 25.4 Å². The maximum absolute atomic E-state index is 14.5. The summed E-state index contributed by atoms with van der Waals surface area (Å²) in [6.45, 7) is 2.59. The number of amides is 1. The number of anilines is 2. The van der Waals surface area contributed by atoms with E-state index in [0.29, 0.717) is 42.0 Å². The number of carbonyl (C=O) groups is 2. The normalized spacial score (nSPS) is 18.0. The van der Waals surface area contributed by atoms with Gasteiger partial charge >= 0.3 is 0 Å². The Labute approximate surface area is 246 Å². The van der Waals surface area contributed by atoms with Gasteiger partial charge in [0.2, 0.25) is 0 Å². The summed E-state index contributed by atoms with van der Waals surface area (Å²) in [5, 5.41) is 3.61. The highest BCUT2D eigenvalue weighted by Crippen LogP contribution is 2.49. The first-order valence-corrected chi connectivity index (χ1v) is 14.5. The molecule has 0 saturated heterocycles. The van der Waals surface area contributed by atoms with E-state index in [9.17, 15) is 9.59 Å². The summed E-state index contributed by atoms with van der Waals surface area (Å²) in [4.78, 5) is 30.6. The van der Waals surface area contributed by atoms with Gasteiger partial charge in [0, 0.05) is 28.8 Å². The van der Waals surface area contributed by atoms with Crippen LogP contribution < -0.4 is 19.7 Å². The molecule has 0 fully saturated rings. The third-order valence-corrected chi connectivity index (χ3v) is 7.99. The highest BCUT2D eigenvalue weighted by atomic mass is 16.5. The molecule has 212 valence electrons. The van der Waals surface area contributed by atoms with Crippen LogP contribution in [-0.2, 0) is 4.79 Å². The van der Waals surface area contributed by atoms with Gasteiger partial charge in [0.1, 0.15) is 11.5 Å². The van der Waals surface area contributed by atoms with E-state index in [0.717, 1.165) is 34.7 Å². The lowest BCUT2D eigenvalue weighted by molar-refractivity contribution is -0.116. The standard InChI is InChI=1S/C36H34N2O4/c1-3-21-42-33-16-10-7-13-28(33)35-34-30(22-26(23-32(34)39)24-17-19-27(41-2)20-18-24)37-29-14-8-9-15-31(29)38(35)36(40)25-11-5-4-6-12-25/h4-20,26,35,37H,3,21-23H2,1-2H3/t26-,35+/m1/s1. The molecule has 0 spiro atoms. The summed E-state index contributed by atoms with van der Waals surface area (Å²) < 4.78 is 11.6. The fourth-order valence-electron chi connectivity index (χ4n) is 5.99. The molecule has 0 aromatic heterocycles. The van der Waals surface area contributed by atoms with E-state index in [2.05, 4.69) is 12.2 Å². The van der Waals surface area contributed by atoms with Gasteiger partial charge in [0.15, 0.2) is 5.78 Å².